The summed E-state index contributed by atoms with van der Waals surface area (Å²) in [5.74, 6) is 1.17. The molecule has 0 aromatic carbocycles. The highest BCUT2D eigenvalue weighted by Gasteiger charge is 2.22. The maximum absolute atomic E-state index is 12.1. The van der Waals surface area contributed by atoms with Crippen molar-refractivity contribution in [2.45, 2.75) is 26.3 Å². The van der Waals surface area contributed by atoms with E-state index < -0.39 is 0 Å². The third-order valence-electron chi connectivity index (χ3n) is 3.38. The van der Waals surface area contributed by atoms with Gasteiger partial charge in [0.1, 0.15) is 5.82 Å². The highest BCUT2D eigenvalue weighted by atomic mass is 16.2. The van der Waals surface area contributed by atoms with Crippen molar-refractivity contribution in [2.75, 3.05) is 37.6 Å². The minimum atomic E-state index is -0.0224. The number of anilines is 1. The minimum Gasteiger partial charge on any atom is -0.353 e. The van der Waals surface area contributed by atoms with E-state index in [1.54, 1.807) is 6.20 Å². The lowest BCUT2D eigenvalue weighted by Crippen LogP contribution is -2.52. The van der Waals surface area contributed by atoms with E-state index in [1.165, 1.54) is 0 Å². The number of hydrogen-bond donors (Lipinski definition) is 1. The van der Waals surface area contributed by atoms with E-state index in [9.17, 15) is 4.79 Å². The van der Waals surface area contributed by atoms with Crippen molar-refractivity contribution in [1.82, 2.24) is 15.2 Å². The molecule has 1 aromatic rings. The van der Waals surface area contributed by atoms with Crippen LogP contribution in [0.5, 0.6) is 0 Å². The predicted molar refractivity (Wildman–Crippen MR) is 80.8 cm³/mol. The summed E-state index contributed by atoms with van der Waals surface area (Å²) in [5, 5.41) is 3.24. The molecule has 0 saturated carbocycles. The summed E-state index contributed by atoms with van der Waals surface area (Å²) in [6.07, 6.45) is 1.81. The Morgan fingerprint density at radius 2 is 1.95 bits per heavy atom. The number of aromatic nitrogens is 1. The van der Waals surface area contributed by atoms with Crippen LogP contribution in [0.4, 0.5) is 5.82 Å². The minimum absolute atomic E-state index is 0.0224. The predicted octanol–water partition coefficient (Wildman–Crippen LogP) is 1.12. The number of carbonyl (C=O) groups is 1. The summed E-state index contributed by atoms with van der Waals surface area (Å²) in [6.45, 7) is 9.84. The molecular formula is C15H24N4O. The topological polar surface area (TPSA) is 48.5 Å². The van der Waals surface area contributed by atoms with Crippen molar-refractivity contribution in [3.63, 3.8) is 0 Å². The second-order valence-corrected chi connectivity index (χ2v) is 6.16. The van der Waals surface area contributed by atoms with Gasteiger partial charge in [-0.05, 0) is 32.9 Å². The summed E-state index contributed by atoms with van der Waals surface area (Å²) in [5.41, 5.74) is -0.0224. The maximum Gasteiger partial charge on any atom is 0.236 e. The molecule has 0 unspecified atom stereocenters. The van der Waals surface area contributed by atoms with Gasteiger partial charge in [0.2, 0.25) is 5.91 Å². The number of hydrogen-bond acceptors (Lipinski definition) is 4. The zero-order valence-electron chi connectivity index (χ0n) is 12.6. The Bertz CT molecular complexity index is 433. The lowest BCUT2D eigenvalue weighted by atomic mass is 10.1. The van der Waals surface area contributed by atoms with Crippen LogP contribution in [-0.4, -0.2) is 54.1 Å². The average molecular weight is 276 g/mol. The van der Waals surface area contributed by atoms with Gasteiger partial charge in [-0.3, -0.25) is 4.79 Å². The summed E-state index contributed by atoms with van der Waals surface area (Å²) in [6, 6.07) is 5.92. The van der Waals surface area contributed by atoms with Gasteiger partial charge in [-0.2, -0.15) is 0 Å². The first kappa shape index (κ1) is 14.8. The Labute approximate surface area is 121 Å². The molecule has 20 heavy (non-hydrogen) atoms. The molecule has 110 valence electrons. The number of nitrogens with zero attached hydrogens (tertiary/aromatic N) is 3. The van der Waals surface area contributed by atoms with E-state index in [4.69, 9.17) is 0 Å². The van der Waals surface area contributed by atoms with Gasteiger partial charge in [-0.25, -0.2) is 4.98 Å². The van der Waals surface area contributed by atoms with Gasteiger partial charge < -0.3 is 15.1 Å². The summed E-state index contributed by atoms with van der Waals surface area (Å²) >= 11 is 0. The van der Waals surface area contributed by atoms with Gasteiger partial charge in [-0.1, -0.05) is 6.07 Å². The van der Waals surface area contributed by atoms with Gasteiger partial charge in [0.25, 0.3) is 0 Å². The van der Waals surface area contributed by atoms with E-state index in [2.05, 4.69) is 36.0 Å². The van der Waals surface area contributed by atoms with Crippen LogP contribution in [0, 0.1) is 0 Å². The lowest BCUT2D eigenvalue weighted by molar-refractivity contribution is -0.130. The molecule has 5 heteroatoms. The number of nitrogens with one attached hydrogen (secondary N) is 1. The number of rotatable bonds is 3. The molecule has 0 atom stereocenters. The third kappa shape index (κ3) is 4.20. The first-order chi connectivity index (χ1) is 9.46. The summed E-state index contributed by atoms with van der Waals surface area (Å²) < 4.78 is 0. The summed E-state index contributed by atoms with van der Waals surface area (Å²) in [4.78, 5) is 20.6. The average Bonchev–Trinajstić information content (AvgIpc) is 2.45. The molecule has 1 amide bonds. The molecule has 5 nitrogen and oxygen atoms in total. The Hall–Kier alpha value is -1.62. The zero-order valence-corrected chi connectivity index (χ0v) is 12.6. The van der Waals surface area contributed by atoms with Crippen LogP contribution in [0.3, 0.4) is 0 Å². The highest BCUT2D eigenvalue weighted by molar-refractivity contribution is 5.78. The molecule has 0 bridgehead atoms. The van der Waals surface area contributed by atoms with Crippen molar-refractivity contribution in [3.05, 3.63) is 24.4 Å². The monoisotopic (exact) mass is 276 g/mol. The van der Waals surface area contributed by atoms with Gasteiger partial charge in [0, 0.05) is 37.9 Å². The van der Waals surface area contributed by atoms with E-state index >= 15 is 0 Å². The fourth-order valence-corrected chi connectivity index (χ4v) is 2.18. The lowest BCUT2D eigenvalue weighted by Gasteiger charge is -2.36. The van der Waals surface area contributed by atoms with Crippen LogP contribution in [0.25, 0.3) is 0 Å². The van der Waals surface area contributed by atoms with Crippen molar-refractivity contribution in [2.24, 2.45) is 0 Å². The maximum atomic E-state index is 12.1. The second kappa shape index (κ2) is 6.22. The van der Waals surface area contributed by atoms with Crippen LogP contribution in [0.1, 0.15) is 20.8 Å². The molecule has 0 spiro atoms. The molecule has 1 aliphatic rings. The standard InChI is InChI=1S/C15H24N4O/c1-15(2,3)17-12-14(20)19-10-8-18(9-11-19)13-6-4-5-7-16-13/h4-7,17H,8-12H2,1-3H3. The molecule has 2 rings (SSSR count). The smallest absolute Gasteiger partial charge is 0.236 e. The molecule has 1 fully saturated rings. The third-order valence-corrected chi connectivity index (χ3v) is 3.38. The Balaban J connectivity index is 1.81. The van der Waals surface area contributed by atoms with E-state index in [0.29, 0.717) is 6.54 Å². The molecule has 2 heterocycles. The molecule has 1 aliphatic heterocycles. The molecule has 0 radical (unpaired) electrons. The van der Waals surface area contributed by atoms with Crippen molar-refractivity contribution < 1.29 is 4.79 Å². The fourth-order valence-electron chi connectivity index (χ4n) is 2.18. The first-order valence-corrected chi connectivity index (χ1v) is 7.14. The van der Waals surface area contributed by atoms with Crippen LogP contribution < -0.4 is 10.2 Å². The van der Waals surface area contributed by atoms with Crippen molar-refractivity contribution in [3.8, 4) is 0 Å². The van der Waals surface area contributed by atoms with Gasteiger partial charge in [0.05, 0.1) is 6.54 Å². The molecular weight excluding hydrogens is 252 g/mol. The van der Waals surface area contributed by atoms with Crippen LogP contribution in [0.15, 0.2) is 24.4 Å². The molecule has 1 aromatic heterocycles. The zero-order chi connectivity index (χ0) is 14.6. The number of carbonyl (C=O) groups excluding carboxylic acids is 1. The van der Waals surface area contributed by atoms with Crippen molar-refractivity contribution in [1.29, 1.82) is 0 Å². The van der Waals surface area contributed by atoms with Crippen LogP contribution >= 0.6 is 0 Å². The van der Waals surface area contributed by atoms with E-state index in [0.717, 1.165) is 32.0 Å². The van der Waals surface area contributed by atoms with Gasteiger partial charge in [-0.15, -0.1) is 0 Å². The number of amides is 1. The highest BCUT2D eigenvalue weighted by Crippen LogP contribution is 2.12. The van der Waals surface area contributed by atoms with Crippen molar-refractivity contribution >= 4 is 11.7 Å². The normalized spacial score (nSPS) is 16.4. The van der Waals surface area contributed by atoms with Gasteiger partial charge >= 0.3 is 0 Å². The number of piperazine rings is 1. The Morgan fingerprint density at radius 1 is 1.25 bits per heavy atom. The number of pyridine rings is 1. The first-order valence-electron chi connectivity index (χ1n) is 7.14. The molecule has 1 saturated heterocycles. The van der Waals surface area contributed by atoms with Gasteiger partial charge in [0.15, 0.2) is 0 Å². The Morgan fingerprint density at radius 3 is 2.50 bits per heavy atom. The second-order valence-electron chi connectivity index (χ2n) is 6.16. The van der Waals surface area contributed by atoms with Crippen LogP contribution in [0.2, 0.25) is 0 Å². The largest absolute Gasteiger partial charge is 0.353 e. The fraction of sp³-hybridized carbons (Fsp3) is 0.600. The molecule has 0 aliphatic carbocycles. The molecule has 1 N–H and O–H groups in total. The van der Waals surface area contributed by atoms with E-state index in [1.807, 2.05) is 23.1 Å². The Kier molecular flexibility index (Phi) is 4.60. The quantitative estimate of drug-likeness (QED) is 0.899. The SMILES string of the molecule is CC(C)(C)NCC(=O)N1CCN(c2ccccn2)CC1. The van der Waals surface area contributed by atoms with Crippen LogP contribution in [-0.2, 0) is 4.79 Å². The van der Waals surface area contributed by atoms with E-state index in [-0.39, 0.29) is 11.4 Å². The summed E-state index contributed by atoms with van der Waals surface area (Å²) in [7, 11) is 0.